The van der Waals surface area contributed by atoms with Crippen LogP contribution in [0.2, 0.25) is 18.6 Å². The number of rotatable bonds is 6. The summed E-state index contributed by atoms with van der Waals surface area (Å²) in [7, 11) is 0.339. The molecule has 0 aliphatic rings. The molecule has 1 unspecified atom stereocenters. The van der Waals surface area contributed by atoms with E-state index in [0.717, 1.165) is 18.5 Å². The first-order chi connectivity index (χ1) is 5.68. The quantitative estimate of drug-likeness (QED) is 0.276. The van der Waals surface area contributed by atoms with Gasteiger partial charge in [0.25, 0.3) is 0 Å². The molecule has 0 spiro atoms. The second-order valence-corrected chi connectivity index (χ2v) is 7.60. The van der Waals surface area contributed by atoms with Crippen LogP contribution in [-0.2, 0) is 9.22 Å². The first-order valence-corrected chi connectivity index (χ1v) is 7.09. The van der Waals surface area contributed by atoms with Crippen LogP contribution in [0.15, 0.2) is 4.99 Å². The van der Waals surface area contributed by atoms with Crippen LogP contribution < -0.4 is 0 Å². The van der Waals surface area contributed by atoms with E-state index >= 15 is 0 Å². The lowest BCUT2D eigenvalue weighted by Crippen LogP contribution is -2.31. The fraction of sp³-hybridized carbons (Fsp3) is 0.875. The van der Waals surface area contributed by atoms with Gasteiger partial charge in [0, 0.05) is 7.11 Å². The van der Waals surface area contributed by atoms with Gasteiger partial charge in [0.15, 0.2) is 8.32 Å². The van der Waals surface area contributed by atoms with E-state index in [9.17, 15) is 4.79 Å². The van der Waals surface area contributed by atoms with Crippen LogP contribution in [-0.4, -0.2) is 28.1 Å². The number of hydrogen-bond donors (Lipinski definition) is 0. The van der Waals surface area contributed by atoms with Gasteiger partial charge in [0.05, 0.1) is 6.54 Å². The standard InChI is InChI=1S/C8H17NO2Si/c1-4-12(3,11-2)7-5-6-9-8-10/h4-7H2,1-3H3. The lowest BCUT2D eigenvalue weighted by atomic mass is 10.5. The minimum absolute atomic E-state index is 0.593. The van der Waals surface area contributed by atoms with E-state index in [1.54, 1.807) is 7.11 Å². The van der Waals surface area contributed by atoms with E-state index in [1.165, 1.54) is 6.08 Å². The maximum absolute atomic E-state index is 9.76. The first-order valence-electron chi connectivity index (χ1n) is 4.27. The summed E-state index contributed by atoms with van der Waals surface area (Å²) in [6.07, 6.45) is 2.48. The van der Waals surface area contributed by atoms with Crippen molar-refractivity contribution in [2.24, 2.45) is 4.99 Å². The van der Waals surface area contributed by atoms with Crippen molar-refractivity contribution in [3.63, 3.8) is 0 Å². The van der Waals surface area contributed by atoms with E-state index in [1.807, 2.05) is 0 Å². The van der Waals surface area contributed by atoms with Crippen molar-refractivity contribution in [1.29, 1.82) is 0 Å². The van der Waals surface area contributed by atoms with E-state index in [4.69, 9.17) is 4.43 Å². The molecule has 0 saturated carbocycles. The molecule has 0 aliphatic heterocycles. The van der Waals surface area contributed by atoms with E-state index in [-0.39, 0.29) is 0 Å². The zero-order valence-electron chi connectivity index (χ0n) is 8.09. The second kappa shape index (κ2) is 6.12. The van der Waals surface area contributed by atoms with Crippen molar-refractivity contribution in [3.8, 4) is 0 Å². The van der Waals surface area contributed by atoms with Crippen LogP contribution >= 0.6 is 0 Å². The molecule has 12 heavy (non-hydrogen) atoms. The van der Waals surface area contributed by atoms with Gasteiger partial charge < -0.3 is 4.43 Å². The van der Waals surface area contributed by atoms with Crippen LogP contribution in [0.25, 0.3) is 0 Å². The van der Waals surface area contributed by atoms with Gasteiger partial charge >= 0.3 is 0 Å². The fourth-order valence-electron chi connectivity index (χ4n) is 1.00. The van der Waals surface area contributed by atoms with E-state index < -0.39 is 8.32 Å². The Morgan fingerprint density at radius 3 is 2.67 bits per heavy atom. The van der Waals surface area contributed by atoms with Crippen molar-refractivity contribution in [1.82, 2.24) is 0 Å². The Balaban J connectivity index is 3.65. The van der Waals surface area contributed by atoms with Crippen LogP contribution in [0.5, 0.6) is 0 Å². The van der Waals surface area contributed by atoms with Gasteiger partial charge in [-0.05, 0) is 25.1 Å². The highest BCUT2D eigenvalue weighted by molar-refractivity contribution is 6.72. The molecule has 0 aromatic rings. The fourth-order valence-corrected chi connectivity index (χ4v) is 2.75. The molecule has 0 amide bonds. The SMILES string of the molecule is CC[Si](C)(CCCN=C=O)OC. The van der Waals surface area contributed by atoms with Crippen molar-refractivity contribution in [3.05, 3.63) is 0 Å². The van der Waals surface area contributed by atoms with Crippen molar-refractivity contribution < 1.29 is 9.22 Å². The minimum atomic E-state index is -1.44. The highest BCUT2D eigenvalue weighted by Crippen LogP contribution is 2.17. The Bertz CT molecular complexity index is 162. The zero-order chi connectivity index (χ0) is 9.45. The highest BCUT2D eigenvalue weighted by atomic mass is 28.4. The normalized spacial score (nSPS) is 14.9. The number of carbonyl (C=O) groups excluding carboxylic acids is 1. The molecule has 0 aliphatic carbocycles. The molecule has 0 aromatic carbocycles. The Morgan fingerprint density at radius 2 is 2.25 bits per heavy atom. The van der Waals surface area contributed by atoms with Crippen LogP contribution in [0.3, 0.4) is 0 Å². The predicted molar refractivity (Wildman–Crippen MR) is 51.5 cm³/mol. The monoisotopic (exact) mass is 187 g/mol. The Kier molecular flexibility index (Phi) is 5.89. The zero-order valence-corrected chi connectivity index (χ0v) is 9.09. The Hall–Kier alpha value is -0.443. The summed E-state index contributed by atoms with van der Waals surface area (Å²) in [6.45, 7) is 4.95. The van der Waals surface area contributed by atoms with Crippen LogP contribution in [0.4, 0.5) is 0 Å². The number of aliphatic imine (C=N–C) groups is 1. The summed E-state index contributed by atoms with van der Waals surface area (Å²) in [6, 6.07) is 2.19. The summed E-state index contributed by atoms with van der Waals surface area (Å²) in [4.78, 5) is 13.3. The first kappa shape index (κ1) is 11.6. The highest BCUT2D eigenvalue weighted by Gasteiger charge is 2.23. The molecule has 0 N–H and O–H groups in total. The summed E-state index contributed by atoms with van der Waals surface area (Å²) in [5.74, 6) is 0. The molecular formula is C8H17NO2Si. The van der Waals surface area contributed by atoms with Gasteiger partial charge in [-0.15, -0.1) is 0 Å². The minimum Gasteiger partial charge on any atom is -0.420 e. The third-order valence-corrected chi connectivity index (χ3v) is 6.17. The molecule has 0 rings (SSSR count). The summed E-state index contributed by atoms with van der Waals surface area (Å²) in [5.41, 5.74) is 0. The van der Waals surface area contributed by atoms with Gasteiger partial charge in [-0.25, -0.2) is 9.79 Å². The molecule has 0 radical (unpaired) electrons. The molecule has 4 heteroatoms. The largest absolute Gasteiger partial charge is 0.420 e. The third-order valence-electron chi connectivity index (χ3n) is 2.28. The molecule has 1 atom stereocenters. The maximum atomic E-state index is 9.76. The smallest absolute Gasteiger partial charge is 0.234 e. The summed E-state index contributed by atoms with van der Waals surface area (Å²) in [5, 5.41) is 0. The second-order valence-electron chi connectivity index (χ2n) is 3.08. The maximum Gasteiger partial charge on any atom is 0.234 e. The lowest BCUT2D eigenvalue weighted by Gasteiger charge is -2.22. The van der Waals surface area contributed by atoms with Gasteiger partial charge in [-0.2, -0.15) is 0 Å². The molecule has 0 bridgehead atoms. The van der Waals surface area contributed by atoms with Crippen molar-refractivity contribution >= 4 is 14.4 Å². The molecule has 0 heterocycles. The Labute approximate surface area is 75.0 Å². The van der Waals surface area contributed by atoms with E-state index in [0.29, 0.717) is 6.54 Å². The molecule has 0 aromatic heterocycles. The van der Waals surface area contributed by atoms with Gasteiger partial charge in [-0.1, -0.05) is 6.92 Å². The third kappa shape index (κ3) is 4.44. The number of hydrogen-bond acceptors (Lipinski definition) is 3. The average Bonchev–Trinajstić information content (AvgIpc) is 2.12. The average molecular weight is 187 g/mol. The number of isocyanates is 1. The van der Waals surface area contributed by atoms with Gasteiger partial charge in [-0.3, -0.25) is 0 Å². The predicted octanol–water partition coefficient (Wildman–Crippen LogP) is 1.95. The van der Waals surface area contributed by atoms with Crippen LogP contribution in [0, 0.1) is 0 Å². The van der Waals surface area contributed by atoms with E-state index in [2.05, 4.69) is 18.5 Å². The lowest BCUT2D eigenvalue weighted by molar-refractivity contribution is 0.396. The molecule has 3 nitrogen and oxygen atoms in total. The topological polar surface area (TPSA) is 38.7 Å². The molecule has 0 fully saturated rings. The van der Waals surface area contributed by atoms with Gasteiger partial charge in [0.2, 0.25) is 6.08 Å². The number of nitrogens with zero attached hydrogens (tertiary/aromatic N) is 1. The molecule has 70 valence electrons. The summed E-state index contributed by atoms with van der Waals surface area (Å²) < 4.78 is 5.47. The molecular weight excluding hydrogens is 170 g/mol. The Morgan fingerprint density at radius 1 is 1.58 bits per heavy atom. The molecule has 0 saturated heterocycles. The van der Waals surface area contributed by atoms with Crippen LogP contribution in [0.1, 0.15) is 13.3 Å². The van der Waals surface area contributed by atoms with Crippen molar-refractivity contribution in [2.45, 2.75) is 32.0 Å². The van der Waals surface area contributed by atoms with Gasteiger partial charge in [0.1, 0.15) is 0 Å². The summed E-state index contributed by atoms with van der Waals surface area (Å²) >= 11 is 0. The van der Waals surface area contributed by atoms with Crippen molar-refractivity contribution in [2.75, 3.05) is 13.7 Å².